The van der Waals surface area contributed by atoms with Crippen LogP contribution in [-0.2, 0) is 6.54 Å². The molecule has 2 aromatic rings. The van der Waals surface area contributed by atoms with Crippen LogP contribution >= 0.6 is 0 Å². The van der Waals surface area contributed by atoms with Crippen LogP contribution in [0.5, 0.6) is 5.88 Å². The quantitative estimate of drug-likeness (QED) is 0.904. The zero-order valence-corrected chi connectivity index (χ0v) is 11.8. The van der Waals surface area contributed by atoms with Gasteiger partial charge in [0.1, 0.15) is 0 Å². The number of pyridine rings is 1. The van der Waals surface area contributed by atoms with E-state index >= 15 is 0 Å². The topological polar surface area (TPSA) is 34.1 Å². The lowest BCUT2D eigenvalue weighted by Crippen LogP contribution is -2.39. The van der Waals surface area contributed by atoms with E-state index in [9.17, 15) is 0 Å². The Kier molecular flexibility index (Phi) is 3.97. The molecule has 3 rings (SSSR count). The van der Waals surface area contributed by atoms with Gasteiger partial charge in [-0.1, -0.05) is 36.4 Å². The molecule has 1 heterocycles. The van der Waals surface area contributed by atoms with Crippen LogP contribution in [0.2, 0.25) is 0 Å². The highest BCUT2D eigenvalue weighted by molar-refractivity contribution is 5.23. The maximum absolute atomic E-state index is 5.06. The maximum atomic E-state index is 5.06. The van der Waals surface area contributed by atoms with E-state index in [-0.39, 0.29) is 0 Å². The van der Waals surface area contributed by atoms with Crippen LogP contribution in [0, 0.1) is 0 Å². The van der Waals surface area contributed by atoms with Gasteiger partial charge < -0.3 is 10.1 Å². The van der Waals surface area contributed by atoms with E-state index in [1.54, 1.807) is 7.11 Å². The van der Waals surface area contributed by atoms with Crippen LogP contribution in [0.1, 0.15) is 29.9 Å². The second kappa shape index (κ2) is 6.06. The van der Waals surface area contributed by atoms with Gasteiger partial charge in [0.2, 0.25) is 5.88 Å². The molecule has 0 amide bonds. The molecule has 0 aliphatic heterocycles. The number of rotatable bonds is 5. The van der Waals surface area contributed by atoms with Gasteiger partial charge in [0, 0.05) is 24.8 Å². The first-order valence-corrected chi connectivity index (χ1v) is 7.12. The Hall–Kier alpha value is -1.87. The largest absolute Gasteiger partial charge is 0.481 e. The van der Waals surface area contributed by atoms with E-state index in [1.807, 2.05) is 12.3 Å². The van der Waals surface area contributed by atoms with E-state index in [2.05, 4.69) is 46.7 Å². The van der Waals surface area contributed by atoms with Crippen molar-refractivity contribution in [2.24, 2.45) is 0 Å². The van der Waals surface area contributed by atoms with Gasteiger partial charge in [-0.15, -0.1) is 0 Å². The fraction of sp³-hybridized carbons (Fsp3) is 0.353. The number of nitrogens with zero attached hydrogens (tertiary/aromatic N) is 1. The third kappa shape index (κ3) is 2.99. The first-order chi connectivity index (χ1) is 9.85. The summed E-state index contributed by atoms with van der Waals surface area (Å²) in [7, 11) is 1.64. The predicted octanol–water partition coefficient (Wildman–Crippen LogP) is 3.13. The van der Waals surface area contributed by atoms with Crippen LogP contribution in [-0.4, -0.2) is 18.1 Å². The Morgan fingerprint density at radius 1 is 1.15 bits per heavy atom. The Morgan fingerprint density at radius 3 is 2.60 bits per heavy atom. The summed E-state index contributed by atoms with van der Waals surface area (Å²) in [5.74, 6) is 1.39. The Bertz CT molecular complexity index is 533. The normalized spacial score (nSPS) is 21.2. The van der Waals surface area contributed by atoms with E-state index in [1.165, 1.54) is 24.0 Å². The van der Waals surface area contributed by atoms with Gasteiger partial charge in [-0.3, -0.25) is 0 Å². The molecule has 1 aromatic carbocycles. The lowest BCUT2D eigenvalue weighted by molar-refractivity contribution is 0.289. The third-order valence-corrected chi connectivity index (χ3v) is 4.01. The van der Waals surface area contributed by atoms with Gasteiger partial charge in [0.05, 0.1) is 7.11 Å². The fourth-order valence-electron chi connectivity index (χ4n) is 2.68. The first-order valence-electron chi connectivity index (χ1n) is 7.12. The number of ether oxygens (including phenoxy) is 1. The third-order valence-electron chi connectivity index (χ3n) is 4.01. The summed E-state index contributed by atoms with van der Waals surface area (Å²) in [5.41, 5.74) is 2.67. The van der Waals surface area contributed by atoms with Gasteiger partial charge in [-0.2, -0.15) is 0 Å². The molecule has 0 radical (unpaired) electrons. The molecule has 1 aliphatic carbocycles. The van der Waals surface area contributed by atoms with Crippen molar-refractivity contribution in [2.75, 3.05) is 7.11 Å². The highest BCUT2D eigenvalue weighted by Crippen LogP contribution is 2.36. The van der Waals surface area contributed by atoms with Crippen LogP contribution < -0.4 is 10.1 Å². The second-order valence-electron chi connectivity index (χ2n) is 5.37. The van der Waals surface area contributed by atoms with E-state index in [4.69, 9.17) is 4.74 Å². The van der Waals surface area contributed by atoms with Crippen molar-refractivity contribution in [3.8, 4) is 5.88 Å². The number of benzene rings is 1. The lowest BCUT2D eigenvalue weighted by atomic mass is 9.76. The van der Waals surface area contributed by atoms with Gasteiger partial charge >= 0.3 is 0 Å². The summed E-state index contributed by atoms with van der Waals surface area (Å²) < 4.78 is 5.06. The molecule has 3 nitrogen and oxygen atoms in total. The summed E-state index contributed by atoms with van der Waals surface area (Å²) in [6.45, 7) is 0.878. The summed E-state index contributed by atoms with van der Waals surface area (Å²) in [6.07, 6.45) is 4.33. The van der Waals surface area contributed by atoms with Gasteiger partial charge in [-0.05, 0) is 29.9 Å². The molecule has 1 fully saturated rings. The number of aromatic nitrogens is 1. The highest BCUT2D eigenvalue weighted by atomic mass is 16.5. The van der Waals surface area contributed by atoms with Crippen LogP contribution in [0.3, 0.4) is 0 Å². The van der Waals surface area contributed by atoms with Crippen LogP contribution in [0.15, 0.2) is 48.7 Å². The second-order valence-corrected chi connectivity index (χ2v) is 5.37. The number of hydrogen-bond acceptors (Lipinski definition) is 3. The van der Waals surface area contributed by atoms with Gasteiger partial charge in [0.25, 0.3) is 0 Å². The SMILES string of the molecule is COc1ccc(CNC2CC(c3ccccc3)C2)cn1. The van der Waals surface area contributed by atoms with Crippen molar-refractivity contribution >= 4 is 0 Å². The summed E-state index contributed by atoms with van der Waals surface area (Å²) in [6, 6.07) is 15.4. The predicted molar refractivity (Wildman–Crippen MR) is 79.8 cm³/mol. The molecule has 0 unspecified atom stereocenters. The lowest BCUT2D eigenvalue weighted by Gasteiger charge is -2.36. The van der Waals surface area contributed by atoms with E-state index < -0.39 is 0 Å². The average Bonchev–Trinajstić information content (AvgIpc) is 2.47. The molecule has 0 saturated heterocycles. The summed E-state index contributed by atoms with van der Waals surface area (Å²) >= 11 is 0. The van der Waals surface area contributed by atoms with E-state index in [0.29, 0.717) is 11.9 Å². The highest BCUT2D eigenvalue weighted by Gasteiger charge is 2.29. The van der Waals surface area contributed by atoms with Gasteiger partial charge in [-0.25, -0.2) is 4.98 Å². The van der Waals surface area contributed by atoms with Crippen molar-refractivity contribution in [1.82, 2.24) is 10.3 Å². The molecule has 0 spiro atoms. The summed E-state index contributed by atoms with van der Waals surface area (Å²) in [4.78, 5) is 4.22. The van der Waals surface area contributed by atoms with Gasteiger partial charge in [0.15, 0.2) is 0 Å². The van der Waals surface area contributed by atoms with Crippen LogP contribution in [0.4, 0.5) is 0 Å². The number of hydrogen-bond donors (Lipinski definition) is 1. The molecule has 0 atom stereocenters. The number of nitrogens with one attached hydrogen (secondary N) is 1. The zero-order valence-electron chi connectivity index (χ0n) is 11.8. The molecule has 20 heavy (non-hydrogen) atoms. The minimum Gasteiger partial charge on any atom is -0.481 e. The summed E-state index contributed by atoms with van der Waals surface area (Å²) in [5, 5.41) is 3.59. The smallest absolute Gasteiger partial charge is 0.212 e. The van der Waals surface area contributed by atoms with Crippen molar-refractivity contribution in [3.63, 3.8) is 0 Å². The Labute approximate surface area is 120 Å². The molecule has 1 saturated carbocycles. The molecular formula is C17H20N2O. The molecule has 1 N–H and O–H groups in total. The maximum Gasteiger partial charge on any atom is 0.212 e. The van der Waals surface area contributed by atoms with Crippen molar-refractivity contribution in [3.05, 3.63) is 59.8 Å². The average molecular weight is 268 g/mol. The Balaban J connectivity index is 1.45. The Morgan fingerprint density at radius 2 is 1.95 bits per heavy atom. The molecule has 1 aromatic heterocycles. The molecular weight excluding hydrogens is 248 g/mol. The molecule has 1 aliphatic rings. The fourth-order valence-corrected chi connectivity index (χ4v) is 2.68. The monoisotopic (exact) mass is 268 g/mol. The van der Waals surface area contributed by atoms with Crippen molar-refractivity contribution < 1.29 is 4.74 Å². The minimum atomic E-state index is 0.627. The molecule has 104 valence electrons. The van der Waals surface area contributed by atoms with E-state index in [0.717, 1.165) is 12.5 Å². The minimum absolute atomic E-state index is 0.627. The zero-order chi connectivity index (χ0) is 13.8. The molecule has 0 bridgehead atoms. The van der Waals surface area contributed by atoms with Crippen molar-refractivity contribution in [1.29, 1.82) is 0 Å². The van der Waals surface area contributed by atoms with Crippen molar-refractivity contribution in [2.45, 2.75) is 31.3 Å². The first kappa shape index (κ1) is 13.1. The van der Waals surface area contributed by atoms with Crippen LogP contribution in [0.25, 0.3) is 0 Å². The standard InChI is InChI=1S/C17H20N2O/c1-20-17-8-7-13(12-19-17)11-18-16-9-15(10-16)14-5-3-2-4-6-14/h2-8,12,15-16,18H,9-11H2,1H3. The number of methoxy groups -OCH3 is 1. The molecule has 3 heteroatoms.